The van der Waals surface area contributed by atoms with Crippen LogP contribution in [0.3, 0.4) is 0 Å². The fraction of sp³-hybridized carbons (Fsp3) is 0.267. The van der Waals surface area contributed by atoms with E-state index in [0.29, 0.717) is 10.0 Å². The Morgan fingerprint density at radius 1 is 1.30 bits per heavy atom. The summed E-state index contributed by atoms with van der Waals surface area (Å²) in [5.41, 5.74) is 6.20. The molecule has 0 saturated heterocycles. The number of nitrogens with zero attached hydrogens (tertiary/aromatic N) is 1. The summed E-state index contributed by atoms with van der Waals surface area (Å²) < 4.78 is 0. The van der Waals surface area contributed by atoms with Crippen LogP contribution in [0.25, 0.3) is 0 Å². The van der Waals surface area contributed by atoms with Crippen LogP contribution in [0.4, 0.5) is 0 Å². The molecule has 3 N–H and O–H groups in total. The topological polar surface area (TPSA) is 50.9 Å². The molecule has 0 bridgehead atoms. The van der Waals surface area contributed by atoms with E-state index in [1.165, 1.54) is 5.56 Å². The van der Waals surface area contributed by atoms with Crippen molar-refractivity contribution < 1.29 is 0 Å². The van der Waals surface area contributed by atoms with Gasteiger partial charge in [0.05, 0.1) is 6.04 Å². The van der Waals surface area contributed by atoms with Crippen molar-refractivity contribution in [1.82, 2.24) is 10.4 Å². The van der Waals surface area contributed by atoms with Gasteiger partial charge >= 0.3 is 0 Å². The molecule has 0 radical (unpaired) electrons. The average Bonchev–Trinajstić information content (AvgIpc) is 2.88. The number of aromatic nitrogens is 1. The first-order valence-corrected chi connectivity index (χ1v) is 7.31. The highest BCUT2D eigenvalue weighted by molar-refractivity contribution is 6.33. The van der Waals surface area contributed by atoms with E-state index in [9.17, 15) is 0 Å². The molecule has 2 unspecified atom stereocenters. The molecule has 1 aromatic carbocycles. The van der Waals surface area contributed by atoms with Gasteiger partial charge in [-0.05, 0) is 48.2 Å². The highest BCUT2D eigenvalue weighted by Gasteiger charge is 2.32. The Morgan fingerprint density at radius 3 is 2.95 bits per heavy atom. The van der Waals surface area contributed by atoms with Crippen LogP contribution in [-0.2, 0) is 6.42 Å². The Morgan fingerprint density at radius 2 is 2.15 bits per heavy atom. The van der Waals surface area contributed by atoms with Crippen LogP contribution in [0.2, 0.25) is 10.0 Å². The number of hydrogen-bond acceptors (Lipinski definition) is 3. The van der Waals surface area contributed by atoms with Gasteiger partial charge in [-0.2, -0.15) is 0 Å². The maximum Gasteiger partial charge on any atom is 0.0559 e. The van der Waals surface area contributed by atoms with Gasteiger partial charge in [-0.25, -0.2) is 0 Å². The van der Waals surface area contributed by atoms with Crippen LogP contribution in [0.15, 0.2) is 36.5 Å². The molecule has 104 valence electrons. The fourth-order valence-electron chi connectivity index (χ4n) is 2.94. The summed E-state index contributed by atoms with van der Waals surface area (Å²) in [4.78, 5) is 4.52. The normalized spacial score (nSPS) is 18.9. The molecule has 0 spiro atoms. The van der Waals surface area contributed by atoms with E-state index >= 15 is 0 Å². The molecule has 3 rings (SSSR count). The van der Waals surface area contributed by atoms with Gasteiger partial charge in [0.1, 0.15) is 0 Å². The number of hydrogen-bond donors (Lipinski definition) is 2. The lowest BCUT2D eigenvalue weighted by Gasteiger charge is -2.24. The second-order valence-corrected chi connectivity index (χ2v) is 5.85. The third-order valence-electron chi connectivity index (χ3n) is 3.88. The Labute approximate surface area is 128 Å². The number of benzene rings is 1. The van der Waals surface area contributed by atoms with Crippen molar-refractivity contribution in [2.24, 2.45) is 5.84 Å². The molecule has 2 atom stereocenters. The minimum atomic E-state index is -0.0858. The molecule has 1 aromatic heterocycles. The van der Waals surface area contributed by atoms with Gasteiger partial charge < -0.3 is 0 Å². The summed E-state index contributed by atoms with van der Waals surface area (Å²) in [6.45, 7) is 0. The van der Waals surface area contributed by atoms with E-state index in [2.05, 4.69) is 16.5 Å². The zero-order valence-electron chi connectivity index (χ0n) is 10.8. The van der Waals surface area contributed by atoms with Crippen molar-refractivity contribution >= 4 is 23.2 Å². The average molecular weight is 308 g/mol. The molecule has 2 aromatic rings. The lowest BCUT2D eigenvalue weighted by molar-refractivity contribution is 0.447. The third-order valence-corrected chi connectivity index (χ3v) is 4.46. The molecule has 0 amide bonds. The van der Waals surface area contributed by atoms with Crippen molar-refractivity contribution in [2.45, 2.75) is 24.8 Å². The van der Waals surface area contributed by atoms with Gasteiger partial charge in [-0.1, -0.05) is 29.3 Å². The smallest absolute Gasteiger partial charge is 0.0559 e. The van der Waals surface area contributed by atoms with Crippen LogP contribution in [0, 0.1) is 0 Å². The number of pyridine rings is 1. The summed E-state index contributed by atoms with van der Waals surface area (Å²) in [5.74, 6) is 6.00. The van der Waals surface area contributed by atoms with Crippen LogP contribution in [0.5, 0.6) is 0 Å². The Hall–Kier alpha value is -1.13. The fourth-order valence-corrected chi connectivity index (χ4v) is 3.36. The zero-order chi connectivity index (χ0) is 14.1. The van der Waals surface area contributed by atoms with Crippen molar-refractivity contribution in [3.8, 4) is 0 Å². The van der Waals surface area contributed by atoms with E-state index in [1.54, 1.807) is 12.1 Å². The van der Waals surface area contributed by atoms with Crippen molar-refractivity contribution in [2.75, 3.05) is 0 Å². The van der Waals surface area contributed by atoms with Crippen LogP contribution in [-0.4, -0.2) is 4.98 Å². The van der Waals surface area contributed by atoms with Gasteiger partial charge in [0.2, 0.25) is 0 Å². The van der Waals surface area contributed by atoms with Gasteiger partial charge in [-0.3, -0.25) is 16.3 Å². The molecule has 1 aliphatic carbocycles. The Kier molecular flexibility index (Phi) is 3.94. The van der Waals surface area contributed by atoms with Crippen LogP contribution >= 0.6 is 23.2 Å². The number of halogens is 2. The molecule has 3 nitrogen and oxygen atoms in total. The van der Waals surface area contributed by atoms with Crippen molar-refractivity contribution in [3.63, 3.8) is 0 Å². The third kappa shape index (κ3) is 2.42. The molecule has 5 heteroatoms. The standard InChI is InChI=1S/C15H15Cl2N3/c16-10-4-6-13(17)12(8-10)15(20-18)11-5-3-9-2-1-7-19-14(9)11/h1-2,4,6-8,11,15,20H,3,5,18H2. The Balaban J connectivity index is 2.01. The monoisotopic (exact) mass is 307 g/mol. The van der Waals surface area contributed by atoms with E-state index < -0.39 is 0 Å². The van der Waals surface area contributed by atoms with E-state index in [4.69, 9.17) is 29.0 Å². The molecule has 1 aliphatic rings. The second-order valence-electron chi connectivity index (χ2n) is 5.00. The number of fused-ring (bicyclic) bond motifs is 1. The van der Waals surface area contributed by atoms with E-state index in [-0.39, 0.29) is 12.0 Å². The van der Waals surface area contributed by atoms with Crippen LogP contribution < -0.4 is 11.3 Å². The minimum Gasteiger partial charge on any atom is -0.271 e. The Bertz CT molecular complexity index is 630. The summed E-state index contributed by atoms with van der Waals surface area (Å²) in [5, 5.41) is 1.32. The SMILES string of the molecule is NNC(c1cc(Cl)ccc1Cl)C1CCc2cccnc21. The quantitative estimate of drug-likeness (QED) is 0.672. The number of hydrazine groups is 1. The molecule has 0 aliphatic heterocycles. The van der Waals surface area contributed by atoms with Gasteiger partial charge in [0.15, 0.2) is 0 Å². The molecule has 20 heavy (non-hydrogen) atoms. The van der Waals surface area contributed by atoms with Gasteiger partial charge in [0, 0.05) is 27.9 Å². The number of nitrogens with two attached hydrogens (primary N) is 1. The molecule has 0 fully saturated rings. The molecular formula is C15H15Cl2N3. The zero-order valence-corrected chi connectivity index (χ0v) is 12.3. The predicted octanol–water partition coefficient (Wildman–Crippen LogP) is 3.62. The van der Waals surface area contributed by atoms with Crippen molar-refractivity contribution in [1.29, 1.82) is 0 Å². The van der Waals surface area contributed by atoms with Crippen molar-refractivity contribution in [3.05, 3.63) is 63.4 Å². The highest BCUT2D eigenvalue weighted by atomic mass is 35.5. The molecule has 1 heterocycles. The second kappa shape index (κ2) is 5.70. The van der Waals surface area contributed by atoms with E-state index in [0.717, 1.165) is 24.1 Å². The minimum absolute atomic E-state index is 0.0858. The van der Waals surface area contributed by atoms with Gasteiger partial charge in [-0.15, -0.1) is 0 Å². The lowest BCUT2D eigenvalue weighted by Crippen LogP contribution is -2.32. The largest absolute Gasteiger partial charge is 0.271 e. The summed E-state index contributed by atoms with van der Waals surface area (Å²) in [7, 11) is 0. The maximum absolute atomic E-state index is 6.30. The lowest BCUT2D eigenvalue weighted by atomic mass is 9.91. The summed E-state index contributed by atoms with van der Waals surface area (Å²) in [6.07, 6.45) is 3.85. The molecular weight excluding hydrogens is 293 g/mol. The number of nitrogens with one attached hydrogen (secondary N) is 1. The summed E-state index contributed by atoms with van der Waals surface area (Å²) >= 11 is 12.4. The van der Waals surface area contributed by atoms with Gasteiger partial charge in [0.25, 0.3) is 0 Å². The summed E-state index contributed by atoms with van der Waals surface area (Å²) in [6, 6.07) is 9.46. The van der Waals surface area contributed by atoms with E-state index in [1.807, 2.05) is 18.3 Å². The number of aryl methyl sites for hydroxylation is 1. The first-order chi connectivity index (χ1) is 9.70. The maximum atomic E-state index is 6.30. The molecule has 0 saturated carbocycles. The first-order valence-electron chi connectivity index (χ1n) is 6.55. The first kappa shape index (κ1) is 13.8. The number of rotatable bonds is 3. The van der Waals surface area contributed by atoms with Crippen LogP contribution in [0.1, 0.15) is 35.2 Å². The predicted molar refractivity (Wildman–Crippen MR) is 81.8 cm³/mol. The highest BCUT2D eigenvalue weighted by Crippen LogP contribution is 2.42.